The molecule has 0 amide bonds. The zero-order chi connectivity index (χ0) is 14.3. The van der Waals surface area contributed by atoms with Gasteiger partial charge in [-0.25, -0.2) is 0 Å². The molecular formula is C16H30N2. The van der Waals surface area contributed by atoms with E-state index in [-0.39, 0.29) is 5.41 Å². The van der Waals surface area contributed by atoms with Crippen molar-refractivity contribution in [3.63, 3.8) is 0 Å². The molecule has 1 atom stereocenters. The first-order valence-electron chi connectivity index (χ1n) is 6.60. The predicted molar refractivity (Wildman–Crippen MR) is 82.6 cm³/mol. The lowest BCUT2D eigenvalue weighted by Gasteiger charge is -2.32. The maximum Gasteiger partial charge on any atom is 0.0345 e. The number of likely N-dealkylation sites (N-methyl/N-ethyl adjacent to an activating group) is 1. The summed E-state index contributed by atoms with van der Waals surface area (Å²) in [6.45, 7) is 19.7. The first-order chi connectivity index (χ1) is 8.18. The van der Waals surface area contributed by atoms with Crippen molar-refractivity contribution < 1.29 is 0 Å². The maximum absolute atomic E-state index is 4.05. The smallest absolute Gasteiger partial charge is 0.0345 e. The largest absolute Gasteiger partial charge is 0.384 e. The third-order valence-corrected chi connectivity index (χ3v) is 3.15. The molecule has 0 spiro atoms. The van der Waals surface area contributed by atoms with Gasteiger partial charge in [0.05, 0.1) is 0 Å². The van der Waals surface area contributed by atoms with E-state index >= 15 is 0 Å². The summed E-state index contributed by atoms with van der Waals surface area (Å²) in [7, 11) is 1.93. The monoisotopic (exact) mass is 250 g/mol. The van der Waals surface area contributed by atoms with E-state index in [0.717, 1.165) is 24.2 Å². The minimum atomic E-state index is 0.197. The van der Waals surface area contributed by atoms with Crippen LogP contribution in [-0.4, -0.2) is 19.6 Å². The van der Waals surface area contributed by atoms with E-state index in [4.69, 9.17) is 0 Å². The Labute approximate surface area is 113 Å². The summed E-state index contributed by atoms with van der Waals surface area (Å²) < 4.78 is 0. The molecule has 0 aromatic heterocycles. The molecule has 1 unspecified atom stereocenters. The van der Waals surface area contributed by atoms with Crippen molar-refractivity contribution in [3.05, 3.63) is 36.1 Å². The Kier molecular flexibility index (Phi) is 7.00. The van der Waals surface area contributed by atoms with Gasteiger partial charge in [-0.15, -0.1) is 0 Å². The van der Waals surface area contributed by atoms with Crippen LogP contribution < -0.4 is 10.6 Å². The Morgan fingerprint density at radius 1 is 1.22 bits per heavy atom. The Morgan fingerprint density at radius 2 is 1.78 bits per heavy atom. The van der Waals surface area contributed by atoms with Gasteiger partial charge in [-0.05, 0) is 32.7 Å². The fraction of sp³-hybridized carbons (Fsp3) is 0.625. The maximum atomic E-state index is 4.05. The molecule has 2 N–H and O–H groups in total. The predicted octanol–water partition coefficient (Wildman–Crippen LogP) is 3.64. The van der Waals surface area contributed by atoms with Crippen LogP contribution in [0.4, 0.5) is 0 Å². The SMILES string of the molecule is C=C(CNC)NC(C/C=C(\C)C(=C)C)C(C)(C)C. The Bertz CT molecular complexity index is 318. The third kappa shape index (κ3) is 6.65. The third-order valence-electron chi connectivity index (χ3n) is 3.15. The van der Waals surface area contributed by atoms with E-state index in [1.54, 1.807) is 0 Å². The van der Waals surface area contributed by atoms with Gasteiger partial charge in [0.1, 0.15) is 0 Å². The molecule has 0 aromatic rings. The molecule has 104 valence electrons. The lowest BCUT2D eigenvalue weighted by atomic mass is 9.84. The normalized spacial score (nSPS) is 14.2. The van der Waals surface area contributed by atoms with Crippen LogP contribution in [-0.2, 0) is 0 Å². The number of rotatable bonds is 7. The molecule has 2 heteroatoms. The van der Waals surface area contributed by atoms with E-state index in [0.29, 0.717) is 6.04 Å². The number of nitrogens with one attached hydrogen (secondary N) is 2. The molecular weight excluding hydrogens is 220 g/mol. The highest BCUT2D eigenvalue weighted by molar-refractivity contribution is 5.24. The summed E-state index contributed by atoms with van der Waals surface area (Å²) in [5, 5.41) is 6.64. The van der Waals surface area contributed by atoms with Crippen LogP contribution in [0.5, 0.6) is 0 Å². The zero-order valence-electron chi connectivity index (χ0n) is 13.0. The van der Waals surface area contributed by atoms with Crippen LogP contribution in [0.15, 0.2) is 36.1 Å². The van der Waals surface area contributed by atoms with Crippen molar-refractivity contribution in [2.75, 3.05) is 13.6 Å². The van der Waals surface area contributed by atoms with Crippen LogP contribution in [0.2, 0.25) is 0 Å². The summed E-state index contributed by atoms with van der Waals surface area (Å²) in [4.78, 5) is 0. The minimum Gasteiger partial charge on any atom is -0.384 e. The molecule has 0 aliphatic carbocycles. The zero-order valence-corrected chi connectivity index (χ0v) is 13.0. The Morgan fingerprint density at radius 3 is 2.17 bits per heavy atom. The molecule has 0 radical (unpaired) electrons. The average molecular weight is 250 g/mol. The standard InChI is InChI=1S/C16H30N2/c1-12(2)13(3)9-10-15(16(5,6)7)18-14(4)11-17-8/h9,15,17-18H,1,4,10-11H2,2-3,5-8H3/b13-9+. The fourth-order valence-corrected chi connectivity index (χ4v) is 1.61. The highest BCUT2D eigenvalue weighted by atomic mass is 15.0. The summed E-state index contributed by atoms with van der Waals surface area (Å²) in [6, 6.07) is 0.382. The van der Waals surface area contributed by atoms with E-state index in [9.17, 15) is 0 Å². The van der Waals surface area contributed by atoms with Crippen molar-refractivity contribution in [2.45, 2.75) is 47.1 Å². The molecule has 0 aliphatic rings. The minimum absolute atomic E-state index is 0.197. The van der Waals surface area contributed by atoms with Crippen LogP contribution in [0, 0.1) is 5.41 Å². The van der Waals surface area contributed by atoms with Crippen molar-refractivity contribution in [3.8, 4) is 0 Å². The van der Waals surface area contributed by atoms with E-state index in [2.05, 4.69) is 57.6 Å². The van der Waals surface area contributed by atoms with Gasteiger partial charge in [-0.1, -0.05) is 51.2 Å². The molecule has 2 nitrogen and oxygen atoms in total. The lowest BCUT2D eigenvalue weighted by molar-refractivity contribution is 0.284. The molecule has 0 aliphatic heterocycles. The second-order valence-corrected chi connectivity index (χ2v) is 6.10. The van der Waals surface area contributed by atoms with Crippen LogP contribution in [0.25, 0.3) is 0 Å². The van der Waals surface area contributed by atoms with Gasteiger partial charge in [-0.3, -0.25) is 0 Å². The molecule has 18 heavy (non-hydrogen) atoms. The average Bonchev–Trinajstić information content (AvgIpc) is 2.22. The van der Waals surface area contributed by atoms with Crippen molar-refractivity contribution in [1.82, 2.24) is 10.6 Å². The van der Waals surface area contributed by atoms with Gasteiger partial charge in [-0.2, -0.15) is 0 Å². The van der Waals surface area contributed by atoms with Crippen LogP contribution in [0.3, 0.4) is 0 Å². The summed E-state index contributed by atoms with van der Waals surface area (Å²) in [5.41, 5.74) is 3.64. The first kappa shape index (κ1) is 17.0. The van der Waals surface area contributed by atoms with Crippen LogP contribution >= 0.6 is 0 Å². The molecule has 0 fully saturated rings. The van der Waals surface area contributed by atoms with E-state index in [1.165, 1.54) is 5.57 Å². The van der Waals surface area contributed by atoms with Crippen molar-refractivity contribution in [2.24, 2.45) is 5.41 Å². The van der Waals surface area contributed by atoms with Crippen LogP contribution in [0.1, 0.15) is 41.0 Å². The first-order valence-corrected chi connectivity index (χ1v) is 6.60. The van der Waals surface area contributed by atoms with Gasteiger partial charge in [0.25, 0.3) is 0 Å². The fourth-order valence-electron chi connectivity index (χ4n) is 1.61. The second-order valence-electron chi connectivity index (χ2n) is 6.10. The van der Waals surface area contributed by atoms with Gasteiger partial charge in [0, 0.05) is 18.3 Å². The Hall–Kier alpha value is -1.02. The molecule has 0 saturated carbocycles. The number of hydrogen-bond donors (Lipinski definition) is 2. The summed E-state index contributed by atoms with van der Waals surface area (Å²) in [6.07, 6.45) is 3.25. The van der Waals surface area contributed by atoms with Crippen molar-refractivity contribution in [1.29, 1.82) is 0 Å². The lowest BCUT2D eigenvalue weighted by Crippen LogP contribution is -2.41. The Balaban J connectivity index is 4.67. The molecule has 0 bridgehead atoms. The summed E-state index contributed by atoms with van der Waals surface area (Å²) in [5.74, 6) is 0. The summed E-state index contributed by atoms with van der Waals surface area (Å²) >= 11 is 0. The molecule has 0 aromatic carbocycles. The number of allylic oxidation sites excluding steroid dienone is 2. The highest BCUT2D eigenvalue weighted by Crippen LogP contribution is 2.24. The molecule has 0 heterocycles. The van der Waals surface area contributed by atoms with Crippen molar-refractivity contribution >= 4 is 0 Å². The molecule has 0 saturated heterocycles. The van der Waals surface area contributed by atoms with Gasteiger partial charge >= 0.3 is 0 Å². The second kappa shape index (κ2) is 7.42. The van der Waals surface area contributed by atoms with Gasteiger partial charge < -0.3 is 10.6 Å². The van der Waals surface area contributed by atoms with Gasteiger partial charge in [0.15, 0.2) is 0 Å². The van der Waals surface area contributed by atoms with E-state index < -0.39 is 0 Å². The van der Waals surface area contributed by atoms with E-state index in [1.807, 2.05) is 14.0 Å². The van der Waals surface area contributed by atoms with Gasteiger partial charge in [0.2, 0.25) is 0 Å². The number of hydrogen-bond acceptors (Lipinski definition) is 2. The quantitative estimate of drug-likeness (QED) is 0.674. The topological polar surface area (TPSA) is 24.1 Å². The highest BCUT2D eigenvalue weighted by Gasteiger charge is 2.23. The molecule has 0 rings (SSSR count).